The Balaban J connectivity index is 1.82. The van der Waals surface area contributed by atoms with E-state index >= 15 is 0 Å². The maximum atomic E-state index is 13.1. The van der Waals surface area contributed by atoms with Crippen LogP contribution < -0.4 is 10.0 Å². The fourth-order valence-corrected chi connectivity index (χ4v) is 2.84. The molecule has 0 spiro atoms. The van der Waals surface area contributed by atoms with Gasteiger partial charge in [0.25, 0.3) is 11.6 Å². The second kappa shape index (κ2) is 10.2. The smallest absolute Gasteiger partial charge is 0.321 e. The number of nitro benzene ring substituents is 1. The highest BCUT2D eigenvalue weighted by Gasteiger charge is 2.18. The minimum atomic E-state index is -3.92. The molecule has 0 radical (unpaired) electrons. The molecular weight excluding hydrogens is 421 g/mol. The molecule has 0 unspecified atom stereocenters. The SMILES string of the molecule is O=C(COC(=O)CNS(=O)(=O)C=Cc1ccccc1)Nc1ccc(F)cc1[N+](=O)[O-]. The third kappa shape index (κ3) is 7.41. The molecule has 0 aliphatic heterocycles. The van der Waals surface area contributed by atoms with E-state index in [1.165, 1.54) is 6.08 Å². The van der Waals surface area contributed by atoms with Gasteiger partial charge < -0.3 is 10.1 Å². The lowest BCUT2D eigenvalue weighted by Crippen LogP contribution is -2.31. The van der Waals surface area contributed by atoms with Crippen LogP contribution in [0.2, 0.25) is 0 Å². The van der Waals surface area contributed by atoms with Crippen molar-refractivity contribution in [3.8, 4) is 0 Å². The number of rotatable bonds is 9. The Hall–Kier alpha value is -3.64. The standard InChI is InChI=1S/C18H16FN3O7S/c19-14-6-7-15(16(10-14)22(25)26)21-17(23)12-29-18(24)11-20-30(27,28)9-8-13-4-2-1-3-5-13/h1-10,20H,11-12H2,(H,21,23). The molecule has 2 aromatic carbocycles. The van der Waals surface area contributed by atoms with Crippen molar-refractivity contribution in [2.75, 3.05) is 18.5 Å². The Morgan fingerprint density at radius 2 is 1.87 bits per heavy atom. The van der Waals surface area contributed by atoms with Gasteiger partial charge in [-0.2, -0.15) is 0 Å². The van der Waals surface area contributed by atoms with Crippen molar-refractivity contribution in [3.05, 3.63) is 75.4 Å². The number of benzene rings is 2. The molecule has 2 rings (SSSR count). The van der Waals surface area contributed by atoms with Gasteiger partial charge in [-0.15, -0.1) is 0 Å². The molecule has 1 amide bonds. The molecule has 0 atom stereocenters. The molecule has 10 nitrogen and oxygen atoms in total. The first-order chi connectivity index (χ1) is 14.2. The number of nitro groups is 1. The molecule has 0 saturated heterocycles. The van der Waals surface area contributed by atoms with Gasteiger partial charge in [0.1, 0.15) is 18.0 Å². The average molecular weight is 437 g/mol. The largest absolute Gasteiger partial charge is 0.455 e. The summed E-state index contributed by atoms with van der Waals surface area (Å²) in [6.07, 6.45) is 1.33. The molecular formula is C18H16FN3O7S. The molecule has 0 saturated carbocycles. The zero-order chi connectivity index (χ0) is 22.1. The average Bonchev–Trinajstić information content (AvgIpc) is 2.71. The van der Waals surface area contributed by atoms with Crippen molar-refractivity contribution in [1.82, 2.24) is 4.72 Å². The lowest BCUT2D eigenvalue weighted by Gasteiger charge is -2.07. The Labute approximate surface area is 170 Å². The first-order valence-electron chi connectivity index (χ1n) is 8.28. The summed E-state index contributed by atoms with van der Waals surface area (Å²) >= 11 is 0. The van der Waals surface area contributed by atoms with Crippen LogP contribution in [0.25, 0.3) is 6.08 Å². The number of carbonyl (C=O) groups is 2. The molecule has 0 heterocycles. The van der Waals surface area contributed by atoms with Gasteiger partial charge in [-0.25, -0.2) is 17.5 Å². The number of halogens is 1. The summed E-state index contributed by atoms with van der Waals surface area (Å²) in [6, 6.07) is 11.1. The summed E-state index contributed by atoms with van der Waals surface area (Å²) in [5.74, 6) is -2.83. The fourth-order valence-electron chi connectivity index (χ4n) is 2.08. The van der Waals surface area contributed by atoms with Gasteiger partial charge in [0.15, 0.2) is 6.61 Å². The zero-order valence-corrected chi connectivity index (χ0v) is 16.1. The van der Waals surface area contributed by atoms with Crippen LogP contribution >= 0.6 is 0 Å². The quantitative estimate of drug-likeness (QED) is 0.346. The summed E-state index contributed by atoms with van der Waals surface area (Å²) in [5, 5.41) is 13.9. The van der Waals surface area contributed by atoms with Crippen molar-refractivity contribution in [3.63, 3.8) is 0 Å². The second-order valence-corrected chi connectivity index (χ2v) is 7.36. The lowest BCUT2D eigenvalue weighted by atomic mass is 10.2. The molecule has 0 aromatic heterocycles. The number of hydrogen-bond donors (Lipinski definition) is 2. The van der Waals surface area contributed by atoms with Gasteiger partial charge in [-0.3, -0.25) is 19.7 Å². The van der Waals surface area contributed by atoms with E-state index in [1.54, 1.807) is 30.3 Å². The van der Waals surface area contributed by atoms with Crippen LogP contribution in [-0.4, -0.2) is 38.4 Å². The van der Waals surface area contributed by atoms with Crippen LogP contribution in [0.4, 0.5) is 15.8 Å². The minimum Gasteiger partial charge on any atom is -0.455 e. The maximum Gasteiger partial charge on any atom is 0.321 e. The number of sulfonamides is 1. The number of esters is 1. The van der Waals surface area contributed by atoms with Crippen molar-refractivity contribution >= 4 is 39.4 Å². The molecule has 2 N–H and O–H groups in total. The number of hydrogen-bond acceptors (Lipinski definition) is 7. The Morgan fingerprint density at radius 3 is 2.53 bits per heavy atom. The fraction of sp³-hybridized carbons (Fsp3) is 0.111. The molecule has 0 aliphatic carbocycles. The Kier molecular flexibility index (Phi) is 7.72. The zero-order valence-electron chi connectivity index (χ0n) is 15.3. The van der Waals surface area contributed by atoms with Gasteiger partial charge in [-0.1, -0.05) is 30.3 Å². The van der Waals surface area contributed by atoms with Crippen LogP contribution in [0.5, 0.6) is 0 Å². The summed E-state index contributed by atoms with van der Waals surface area (Å²) in [5.41, 5.74) is -0.321. The number of nitrogens with one attached hydrogen (secondary N) is 2. The minimum absolute atomic E-state index is 0.283. The van der Waals surface area contributed by atoms with Crippen LogP contribution in [-0.2, 0) is 24.3 Å². The van der Waals surface area contributed by atoms with Crippen LogP contribution in [0.1, 0.15) is 5.56 Å². The Bertz CT molecular complexity index is 1070. The van der Waals surface area contributed by atoms with E-state index in [0.717, 1.165) is 17.5 Å². The van der Waals surface area contributed by atoms with Gasteiger partial charge in [-0.05, 0) is 23.8 Å². The number of anilines is 1. The van der Waals surface area contributed by atoms with Crippen LogP contribution in [0, 0.1) is 15.9 Å². The van der Waals surface area contributed by atoms with E-state index in [2.05, 4.69) is 10.1 Å². The van der Waals surface area contributed by atoms with Crippen molar-refractivity contribution in [1.29, 1.82) is 0 Å². The molecule has 0 aliphatic rings. The highest BCUT2D eigenvalue weighted by atomic mass is 32.2. The van der Waals surface area contributed by atoms with Gasteiger partial charge in [0, 0.05) is 5.41 Å². The van der Waals surface area contributed by atoms with Gasteiger partial charge in [0.05, 0.1) is 11.0 Å². The molecule has 0 bridgehead atoms. The third-order valence-electron chi connectivity index (χ3n) is 3.45. The molecule has 30 heavy (non-hydrogen) atoms. The lowest BCUT2D eigenvalue weighted by molar-refractivity contribution is -0.384. The molecule has 158 valence electrons. The second-order valence-electron chi connectivity index (χ2n) is 5.71. The predicted octanol–water partition coefficient (Wildman–Crippen LogP) is 1.81. The maximum absolute atomic E-state index is 13.1. The number of nitrogens with zero attached hydrogens (tertiary/aromatic N) is 1. The van der Waals surface area contributed by atoms with E-state index in [0.29, 0.717) is 11.6 Å². The first kappa shape index (κ1) is 22.6. The van der Waals surface area contributed by atoms with E-state index in [1.807, 2.05) is 4.72 Å². The number of amides is 1. The van der Waals surface area contributed by atoms with E-state index in [9.17, 15) is 32.5 Å². The highest BCUT2D eigenvalue weighted by molar-refractivity contribution is 7.92. The number of carbonyl (C=O) groups excluding carboxylic acids is 2. The summed E-state index contributed by atoms with van der Waals surface area (Å²) in [7, 11) is -3.92. The van der Waals surface area contributed by atoms with Crippen LogP contribution in [0.3, 0.4) is 0 Å². The van der Waals surface area contributed by atoms with Gasteiger partial charge in [0.2, 0.25) is 10.0 Å². The molecule has 12 heteroatoms. The predicted molar refractivity (Wildman–Crippen MR) is 105 cm³/mol. The monoisotopic (exact) mass is 437 g/mol. The normalized spacial score (nSPS) is 11.2. The third-order valence-corrected chi connectivity index (χ3v) is 4.49. The first-order valence-corrected chi connectivity index (χ1v) is 9.83. The van der Waals surface area contributed by atoms with E-state index in [-0.39, 0.29) is 5.69 Å². The Morgan fingerprint density at radius 1 is 1.17 bits per heavy atom. The van der Waals surface area contributed by atoms with Crippen molar-refractivity contribution in [2.24, 2.45) is 0 Å². The van der Waals surface area contributed by atoms with E-state index < -0.39 is 51.5 Å². The molecule has 0 fully saturated rings. The molecule has 2 aromatic rings. The van der Waals surface area contributed by atoms with Crippen molar-refractivity contribution in [2.45, 2.75) is 0 Å². The summed E-state index contributed by atoms with van der Waals surface area (Å²) in [4.78, 5) is 33.4. The topological polar surface area (TPSA) is 145 Å². The summed E-state index contributed by atoms with van der Waals surface area (Å²) in [6.45, 7) is -1.56. The van der Waals surface area contributed by atoms with Gasteiger partial charge >= 0.3 is 5.97 Å². The summed E-state index contributed by atoms with van der Waals surface area (Å²) < 4.78 is 43.4. The number of ether oxygens (including phenoxy) is 1. The van der Waals surface area contributed by atoms with E-state index in [4.69, 9.17) is 0 Å². The highest BCUT2D eigenvalue weighted by Crippen LogP contribution is 2.24. The van der Waals surface area contributed by atoms with Crippen LogP contribution in [0.15, 0.2) is 53.9 Å². The van der Waals surface area contributed by atoms with Crippen molar-refractivity contribution < 1.29 is 32.1 Å².